The van der Waals surface area contributed by atoms with Gasteiger partial charge in [0.1, 0.15) is 0 Å². The van der Waals surface area contributed by atoms with Gasteiger partial charge in [0, 0.05) is 24.1 Å². The number of nitrogens with one attached hydrogen (secondary N) is 1. The second kappa shape index (κ2) is 6.56. The average molecular weight is 345 g/mol. The molecule has 0 saturated carbocycles. The summed E-state index contributed by atoms with van der Waals surface area (Å²) in [6.45, 7) is 0. The van der Waals surface area contributed by atoms with Gasteiger partial charge in [-0.1, -0.05) is 54.6 Å². The maximum absolute atomic E-state index is 12.3. The highest BCUT2D eigenvalue weighted by Crippen LogP contribution is 2.44. The molecule has 1 amide bonds. The Hall–Kier alpha value is -3.27. The van der Waals surface area contributed by atoms with E-state index < -0.39 is 0 Å². The van der Waals surface area contributed by atoms with Gasteiger partial charge in [-0.2, -0.15) is 0 Å². The number of phenols is 1. The van der Waals surface area contributed by atoms with Gasteiger partial charge in [-0.25, -0.2) is 0 Å². The SMILES string of the molecule is COc1cc2c(cc1O)[C@@H](c1ccccc1-c1ccccc1)CC(=O)N2. The Morgan fingerprint density at radius 2 is 1.73 bits per heavy atom. The van der Waals surface area contributed by atoms with Crippen LogP contribution < -0.4 is 10.1 Å². The van der Waals surface area contributed by atoms with Crippen LogP contribution in [0, 0.1) is 0 Å². The van der Waals surface area contributed by atoms with E-state index in [0.717, 1.165) is 22.3 Å². The number of methoxy groups -OCH3 is 1. The number of rotatable bonds is 3. The molecular formula is C22H19NO3. The van der Waals surface area contributed by atoms with Crippen molar-refractivity contribution < 1.29 is 14.6 Å². The molecule has 0 radical (unpaired) electrons. The molecule has 0 bridgehead atoms. The van der Waals surface area contributed by atoms with Crippen LogP contribution >= 0.6 is 0 Å². The first-order valence-electron chi connectivity index (χ1n) is 8.52. The molecular weight excluding hydrogens is 326 g/mol. The van der Waals surface area contributed by atoms with E-state index in [1.165, 1.54) is 7.11 Å². The van der Waals surface area contributed by atoms with E-state index in [2.05, 4.69) is 29.6 Å². The van der Waals surface area contributed by atoms with E-state index in [9.17, 15) is 9.90 Å². The Balaban J connectivity index is 1.88. The number of amides is 1. The lowest BCUT2D eigenvalue weighted by molar-refractivity contribution is -0.116. The van der Waals surface area contributed by atoms with Gasteiger partial charge in [-0.3, -0.25) is 4.79 Å². The Morgan fingerprint density at radius 1 is 1.00 bits per heavy atom. The molecule has 0 spiro atoms. The lowest BCUT2D eigenvalue weighted by Gasteiger charge is -2.28. The summed E-state index contributed by atoms with van der Waals surface area (Å²) < 4.78 is 5.18. The molecule has 130 valence electrons. The molecule has 0 unspecified atom stereocenters. The van der Waals surface area contributed by atoms with Gasteiger partial charge in [0.25, 0.3) is 0 Å². The zero-order chi connectivity index (χ0) is 18.1. The highest BCUT2D eigenvalue weighted by molar-refractivity contribution is 5.96. The minimum atomic E-state index is -0.132. The number of fused-ring (bicyclic) bond motifs is 1. The van der Waals surface area contributed by atoms with Crippen LogP contribution in [0.25, 0.3) is 11.1 Å². The van der Waals surface area contributed by atoms with Crippen molar-refractivity contribution in [2.45, 2.75) is 12.3 Å². The highest BCUT2D eigenvalue weighted by atomic mass is 16.5. The molecule has 3 aromatic carbocycles. The summed E-state index contributed by atoms with van der Waals surface area (Å²) in [5.41, 5.74) is 4.84. The van der Waals surface area contributed by atoms with E-state index in [-0.39, 0.29) is 17.6 Å². The lowest BCUT2D eigenvalue weighted by Crippen LogP contribution is -2.23. The molecule has 1 heterocycles. The van der Waals surface area contributed by atoms with Crippen molar-refractivity contribution in [3.63, 3.8) is 0 Å². The fraction of sp³-hybridized carbons (Fsp3) is 0.136. The highest BCUT2D eigenvalue weighted by Gasteiger charge is 2.29. The van der Waals surface area contributed by atoms with Gasteiger partial charge in [0.05, 0.1) is 7.11 Å². The van der Waals surface area contributed by atoms with Crippen LogP contribution in [-0.2, 0) is 4.79 Å². The van der Waals surface area contributed by atoms with Crippen molar-refractivity contribution in [2.24, 2.45) is 0 Å². The van der Waals surface area contributed by atoms with E-state index in [0.29, 0.717) is 17.9 Å². The summed E-state index contributed by atoms with van der Waals surface area (Å²) in [5, 5.41) is 13.1. The van der Waals surface area contributed by atoms with E-state index >= 15 is 0 Å². The zero-order valence-electron chi connectivity index (χ0n) is 14.4. The summed E-state index contributed by atoms with van der Waals surface area (Å²) in [7, 11) is 1.49. The van der Waals surface area contributed by atoms with Crippen LogP contribution in [-0.4, -0.2) is 18.1 Å². The van der Waals surface area contributed by atoms with Crippen molar-refractivity contribution in [1.82, 2.24) is 0 Å². The van der Waals surface area contributed by atoms with Crippen molar-refractivity contribution >= 4 is 11.6 Å². The number of carbonyl (C=O) groups is 1. The number of hydrogen-bond acceptors (Lipinski definition) is 3. The van der Waals surface area contributed by atoms with Crippen molar-refractivity contribution in [3.8, 4) is 22.6 Å². The second-order valence-electron chi connectivity index (χ2n) is 6.37. The largest absolute Gasteiger partial charge is 0.504 e. The molecule has 4 rings (SSSR count). The number of carbonyl (C=O) groups excluding carboxylic acids is 1. The smallest absolute Gasteiger partial charge is 0.225 e. The maximum Gasteiger partial charge on any atom is 0.225 e. The first kappa shape index (κ1) is 16.2. The molecule has 0 saturated heterocycles. The van der Waals surface area contributed by atoms with E-state index in [1.807, 2.05) is 30.3 Å². The Bertz CT molecular complexity index is 966. The fourth-order valence-corrected chi connectivity index (χ4v) is 3.60. The summed E-state index contributed by atoms with van der Waals surface area (Å²) in [6, 6.07) is 21.6. The predicted molar refractivity (Wildman–Crippen MR) is 102 cm³/mol. The summed E-state index contributed by atoms with van der Waals surface area (Å²) in [6.07, 6.45) is 0.336. The van der Waals surface area contributed by atoms with Gasteiger partial charge >= 0.3 is 0 Å². The number of anilines is 1. The predicted octanol–water partition coefficient (Wildman–Crippen LogP) is 4.54. The summed E-state index contributed by atoms with van der Waals surface area (Å²) in [5.74, 6) is 0.246. The molecule has 3 aromatic rings. The first-order valence-corrected chi connectivity index (χ1v) is 8.52. The zero-order valence-corrected chi connectivity index (χ0v) is 14.4. The normalized spacial score (nSPS) is 15.9. The number of aromatic hydroxyl groups is 1. The third kappa shape index (κ3) is 2.80. The molecule has 1 aliphatic rings. The van der Waals surface area contributed by atoms with Crippen LogP contribution in [0.5, 0.6) is 11.5 Å². The number of benzene rings is 3. The topological polar surface area (TPSA) is 58.6 Å². The van der Waals surface area contributed by atoms with Gasteiger partial charge in [0.2, 0.25) is 5.91 Å². The maximum atomic E-state index is 12.3. The third-order valence-corrected chi connectivity index (χ3v) is 4.81. The number of hydrogen-bond donors (Lipinski definition) is 2. The summed E-state index contributed by atoms with van der Waals surface area (Å²) >= 11 is 0. The van der Waals surface area contributed by atoms with E-state index in [1.54, 1.807) is 12.1 Å². The molecule has 1 aliphatic heterocycles. The average Bonchev–Trinajstić information content (AvgIpc) is 2.68. The first-order chi connectivity index (χ1) is 12.7. The standard InChI is InChI=1S/C22H19NO3/c1-26-21-13-19-18(11-20(21)24)17(12-22(25)23-19)16-10-6-5-9-15(16)14-7-3-2-4-8-14/h2-11,13,17,24H,12H2,1H3,(H,23,25)/t17-/m1/s1. The van der Waals surface area contributed by atoms with Crippen molar-refractivity contribution in [1.29, 1.82) is 0 Å². The molecule has 0 aromatic heterocycles. The van der Waals surface area contributed by atoms with Crippen LogP contribution in [0.4, 0.5) is 5.69 Å². The second-order valence-corrected chi connectivity index (χ2v) is 6.37. The van der Waals surface area contributed by atoms with Crippen LogP contribution in [0.3, 0.4) is 0 Å². The van der Waals surface area contributed by atoms with Crippen molar-refractivity contribution in [2.75, 3.05) is 12.4 Å². The molecule has 26 heavy (non-hydrogen) atoms. The minimum Gasteiger partial charge on any atom is -0.504 e. The minimum absolute atomic E-state index is 0.0434. The molecule has 0 fully saturated rings. The number of phenolic OH excluding ortho intramolecular Hbond substituents is 1. The van der Waals surface area contributed by atoms with Crippen LogP contribution in [0.1, 0.15) is 23.5 Å². The lowest BCUT2D eigenvalue weighted by atomic mass is 9.81. The van der Waals surface area contributed by atoms with Crippen LogP contribution in [0.15, 0.2) is 66.7 Å². The van der Waals surface area contributed by atoms with Crippen LogP contribution in [0.2, 0.25) is 0 Å². The van der Waals surface area contributed by atoms with Gasteiger partial charge < -0.3 is 15.2 Å². The molecule has 2 N–H and O–H groups in total. The summed E-state index contributed by atoms with van der Waals surface area (Å²) in [4.78, 5) is 12.3. The van der Waals surface area contributed by atoms with E-state index in [4.69, 9.17) is 4.74 Å². The molecule has 4 heteroatoms. The third-order valence-electron chi connectivity index (χ3n) is 4.81. The molecule has 4 nitrogen and oxygen atoms in total. The van der Waals surface area contributed by atoms with Gasteiger partial charge in [-0.15, -0.1) is 0 Å². The Labute approximate surface area is 152 Å². The quantitative estimate of drug-likeness (QED) is 0.685. The van der Waals surface area contributed by atoms with Gasteiger partial charge in [-0.05, 0) is 28.3 Å². The fourth-order valence-electron chi connectivity index (χ4n) is 3.60. The van der Waals surface area contributed by atoms with Gasteiger partial charge in [0.15, 0.2) is 11.5 Å². The van der Waals surface area contributed by atoms with Crippen molar-refractivity contribution in [3.05, 3.63) is 77.9 Å². The Kier molecular flexibility index (Phi) is 4.09. The monoisotopic (exact) mass is 345 g/mol. The molecule has 0 aliphatic carbocycles. The molecule has 1 atom stereocenters. The number of ether oxygens (including phenoxy) is 1. The Morgan fingerprint density at radius 3 is 2.50 bits per heavy atom.